The van der Waals surface area contributed by atoms with Gasteiger partial charge >= 0.3 is 0 Å². The van der Waals surface area contributed by atoms with Crippen LogP contribution in [0.5, 0.6) is 5.75 Å². The Kier molecular flexibility index (Phi) is 5.61. The van der Waals surface area contributed by atoms with Crippen LogP contribution in [0.4, 0.5) is 0 Å². The lowest BCUT2D eigenvalue weighted by molar-refractivity contribution is 0.0595. The second kappa shape index (κ2) is 9.01. The Bertz CT molecular complexity index is 1160. The van der Waals surface area contributed by atoms with Crippen LogP contribution in [0.2, 0.25) is 0 Å². The molecule has 1 atom stereocenters. The van der Waals surface area contributed by atoms with E-state index in [-0.39, 0.29) is 24.2 Å². The monoisotopic (exact) mass is 430 g/mol. The summed E-state index contributed by atoms with van der Waals surface area (Å²) in [4.78, 5) is 23.4. The second-order valence-electron chi connectivity index (χ2n) is 7.57. The average Bonchev–Trinajstić information content (AvgIpc) is 3.56. The molecule has 0 bridgehead atoms. The molecule has 1 fully saturated rings. The SMILES string of the molecule is O=C(c1cc(COc2ccc(-n3cncn3)cc2)on1)N1CCCC[C@@H]1c1ccccn1. The molecule has 1 aliphatic heterocycles. The van der Waals surface area contributed by atoms with Crippen LogP contribution in [-0.4, -0.2) is 42.3 Å². The Hall–Kier alpha value is -4.01. The lowest BCUT2D eigenvalue weighted by Gasteiger charge is -2.34. The summed E-state index contributed by atoms with van der Waals surface area (Å²) in [6.45, 7) is 0.851. The van der Waals surface area contributed by atoms with E-state index >= 15 is 0 Å². The van der Waals surface area contributed by atoms with Crippen molar-refractivity contribution in [3.8, 4) is 11.4 Å². The van der Waals surface area contributed by atoms with Gasteiger partial charge in [0.05, 0.1) is 17.4 Å². The van der Waals surface area contributed by atoms with Gasteiger partial charge in [-0.05, 0) is 55.7 Å². The molecule has 4 aromatic rings. The van der Waals surface area contributed by atoms with Crippen molar-refractivity contribution in [1.82, 2.24) is 29.8 Å². The van der Waals surface area contributed by atoms with Crippen molar-refractivity contribution >= 4 is 5.91 Å². The Morgan fingerprint density at radius 1 is 1.16 bits per heavy atom. The molecular formula is C23H22N6O3. The first-order valence-corrected chi connectivity index (χ1v) is 10.5. The predicted molar refractivity (Wildman–Crippen MR) is 114 cm³/mol. The lowest BCUT2D eigenvalue weighted by atomic mass is 9.98. The number of rotatable bonds is 6. The van der Waals surface area contributed by atoms with E-state index in [1.54, 1.807) is 23.3 Å². The van der Waals surface area contributed by atoms with Crippen molar-refractivity contribution in [3.63, 3.8) is 0 Å². The molecule has 162 valence electrons. The van der Waals surface area contributed by atoms with Crippen molar-refractivity contribution in [1.29, 1.82) is 0 Å². The summed E-state index contributed by atoms with van der Waals surface area (Å²) >= 11 is 0. The molecule has 0 saturated carbocycles. The normalized spacial score (nSPS) is 16.1. The Morgan fingerprint density at radius 3 is 2.84 bits per heavy atom. The maximum Gasteiger partial charge on any atom is 0.276 e. The van der Waals surface area contributed by atoms with Gasteiger partial charge in [0.15, 0.2) is 11.5 Å². The number of likely N-dealkylation sites (tertiary alicyclic amines) is 1. The zero-order valence-electron chi connectivity index (χ0n) is 17.4. The van der Waals surface area contributed by atoms with Gasteiger partial charge in [-0.1, -0.05) is 11.2 Å². The largest absolute Gasteiger partial charge is 0.486 e. The summed E-state index contributed by atoms with van der Waals surface area (Å²) in [5.41, 5.74) is 2.07. The minimum Gasteiger partial charge on any atom is -0.486 e. The third-order valence-corrected chi connectivity index (χ3v) is 5.47. The quantitative estimate of drug-likeness (QED) is 0.461. The number of pyridine rings is 1. The van der Waals surface area contributed by atoms with Crippen LogP contribution < -0.4 is 4.74 Å². The van der Waals surface area contributed by atoms with E-state index < -0.39 is 0 Å². The van der Waals surface area contributed by atoms with Gasteiger partial charge in [0.2, 0.25) is 0 Å². The topological polar surface area (TPSA) is 99.2 Å². The molecule has 1 aromatic carbocycles. The van der Waals surface area contributed by atoms with Gasteiger partial charge < -0.3 is 14.2 Å². The number of nitrogens with zero attached hydrogens (tertiary/aromatic N) is 6. The van der Waals surface area contributed by atoms with Gasteiger partial charge in [-0.25, -0.2) is 9.67 Å². The molecule has 3 aromatic heterocycles. The highest BCUT2D eigenvalue weighted by molar-refractivity contribution is 5.92. The van der Waals surface area contributed by atoms with Crippen LogP contribution in [0.15, 0.2) is 71.9 Å². The van der Waals surface area contributed by atoms with Gasteiger partial charge in [-0.3, -0.25) is 9.78 Å². The third-order valence-electron chi connectivity index (χ3n) is 5.47. The molecule has 9 nitrogen and oxygen atoms in total. The smallest absolute Gasteiger partial charge is 0.276 e. The molecule has 4 heterocycles. The van der Waals surface area contributed by atoms with Crippen molar-refractivity contribution in [2.75, 3.05) is 6.54 Å². The van der Waals surface area contributed by atoms with Crippen LogP contribution in [0.25, 0.3) is 5.69 Å². The van der Waals surface area contributed by atoms with E-state index in [1.807, 2.05) is 47.4 Å². The minimum atomic E-state index is -0.146. The number of ether oxygens (including phenoxy) is 1. The van der Waals surface area contributed by atoms with E-state index in [4.69, 9.17) is 9.26 Å². The summed E-state index contributed by atoms with van der Waals surface area (Å²) in [6, 6.07) is 14.8. The Morgan fingerprint density at radius 2 is 2.06 bits per heavy atom. The summed E-state index contributed by atoms with van der Waals surface area (Å²) < 4.78 is 12.8. The molecule has 1 saturated heterocycles. The number of carbonyl (C=O) groups excluding carboxylic acids is 1. The fourth-order valence-corrected chi connectivity index (χ4v) is 3.88. The van der Waals surface area contributed by atoms with Crippen LogP contribution >= 0.6 is 0 Å². The molecule has 9 heteroatoms. The average molecular weight is 430 g/mol. The first kappa shape index (κ1) is 19.9. The zero-order valence-corrected chi connectivity index (χ0v) is 17.4. The van der Waals surface area contributed by atoms with Gasteiger partial charge in [-0.2, -0.15) is 5.10 Å². The Balaban J connectivity index is 1.23. The van der Waals surface area contributed by atoms with E-state index in [0.717, 1.165) is 30.6 Å². The fraction of sp³-hybridized carbons (Fsp3) is 0.261. The molecule has 5 rings (SSSR count). The summed E-state index contributed by atoms with van der Waals surface area (Å²) in [6.07, 6.45) is 7.79. The van der Waals surface area contributed by atoms with Crippen LogP contribution in [0.3, 0.4) is 0 Å². The highest BCUT2D eigenvalue weighted by atomic mass is 16.5. The molecule has 32 heavy (non-hydrogen) atoms. The fourth-order valence-electron chi connectivity index (χ4n) is 3.88. The second-order valence-corrected chi connectivity index (χ2v) is 7.57. The number of piperidine rings is 1. The van der Waals surface area contributed by atoms with Crippen LogP contribution in [0, 0.1) is 0 Å². The predicted octanol–water partition coefficient (Wildman–Crippen LogP) is 3.60. The molecule has 0 unspecified atom stereocenters. The molecule has 0 N–H and O–H groups in total. The van der Waals surface area contributed by atoms with E-state index in [2.05, 4.69) is 20.2 Å². The maximum atomic E-state index is 13.1. The van der Waals surface area contributed by atoms with Crippen molar-refractivity contribution in [3.05, 3.63) is 84.5 Å². The first-order chi connectivity index (χ1) is 15.8. The molecule has 1 aliphatic rings. The van der Waals surface area contributed by atoms with E-state index in [1.165, 1.54) is 6.33 Å². The number of aromatic nitrogens is 5. The standard InChI is InChI=1S/C23H22N6O3/c30-23(28-12-4-2-6-22(28)20-5-1-3-11-25-20)21-13-19(32-27-21)14-31-18-9-7-17(8-10-18)29-16-24-15-26-29/h1,3,5,7-11,13,15-16,22H,2,4,6,12,14H2/t22-/m1/s1. The van der Waals surface area contributed by atoms with Gasteiger partial charge in [0, 0.05) is 18.8 Å². The number of hydrogen-bond acceptors (Lipinski definition) is 7. The third kappa shape index (κ3) is 4.22. The van der Waals surface area contributed by atoms with Crippen molar-refractivity contribution in [2.24, 2.45) is 0 Å². The van der Waals surface area contributed by atoms with E-state index in [0.29, 0.717) is 18.1 Å². The highest BCUT2D eigenvalue weighted by Crippen LogP contribution is 2.31. The number of benzene rings is 1. The Labute approximate surface area is 184 Å². The first-order valence-electron chi connectivity index (χ1n) is 10.5. The number of carbonyl (C=O) groups is 1. The van der Waals surface area contributed by atoms with E-state index in [9.17, 15) is 4.79 Å². The molecule has 0 aliphatic carbocycles. The molecule has 0 spiro atoms. The number of amides is 1. The number of hydrogen-bond donors (Lipinski definition) is 0. The molecular weight excluding hydrogens is 408 g/mol. The maximum absolute atomic E-state index is 13.1. The van der Waals surface area contributed by atoms with Crippen LogP contribution in [-0.2, 0) is 6.61 Å². The summed E-state index contributed by atoms with van der Waals surface area (Å²) in [5.74, 6) is 1.01. The molecule has 0 radical (unpaired) electrons. The van der Waals surface area contributed by atoms with Gasteiger partial charge in [0.25, 0.3) is 5.91 Å². The summed E-state index contributed by atoms with van der Waals surface area (Å²) in [7, 11) is 0. The molecule has 1 amide bonds. The van der Waals surface area contributed by atoms with Crippen molar-refractivity contribution < 1.29 is 14.1 Å². The van der Waals surface area contributed by atoms with Crippen molar-refractivity contribution in [2.45, 2.75) is 31.9 Å². The van der Waals surface area contributed by atoms with Gasteiger partial charge in [0.1, 0.15) is 25.0 Å². The minimum absolute atomic E-state index is 0.0441. The van der Waals surface area contributed by atoms with Gasteiger partial charge in [-0.15, -0.1) is 0 Å². The zero-order chi connectivity index (χ0) is 21.8. The van der Waals surface area contributed by atoms with Crippen LogP contribution in [0.1, 0.15) is 47.2 Å². The summed E-state index contributed by atoms with van der Waals surface area (Å²) in [5, 5.41) is 8.09. The highest BCUT2D eigenvalue weighted by Gasteiger charge is 2.31. The lowest BCUT2D eigenvalue weighted by Crippen LogP contribution is -2.39.